The molecule has 0 radical (unpaired) electrons. The van der Waals surface area contributed by atoms with Gasteiger partial charge in [0.2, 0.25) is 0 Å². The quantitative estimate of drug-likeness (QED) is 0.784. The fourth-order valence-corrected chi connectivity index (χ4v) is 3.98. The Kier molecular flexibility index (Phi) is 6.67. The monoisotopic (exact) mass is 375 g/mol. The number of ether oxygens (including phenoxy) is 1. The summed E-state index contributed by atoms with van der Waals surface area (Å²) in [6.07, 6.45) is 0.961. The zero-order chi connectivity index (χ0) is 17.5. The predicted octanol–water partition coefficient (Wildman–Crippen LogP) is 2.99. The first-order chi connectivity index (χ1) is 12.2. The van der Waals surface area contributed by atoms with Crippen molar-refractivity contribution in [1.29, 1.82) is 0 Å². The van der Waals surface area contributed by atoms with E-state index in [0.29, 0.717) is 0 Å². The lowest BCUT2D eigenvalue weighted by molar-refractivity contribution is 0.176. The zero-order valence-corrected chi connectivity index (χ0v) is 16.2. The number of rotatable bonds is 6. The number of thiocarbonyl (C=S) groups is 1. The summed E-state index contributed by atoms with van der Waals surface area (Å²) in [5.41, 5.74) is 1.29. The van der Waals surface area contributed by atoms with E-state index in [1.165, 1.54) is 10.4 Å². The summed E-state index contributed by atoms with van der Waals surface area (Å²) in [6, 6.07) is 12.5. The number of thiophene rings is 1. The first-order valence-electron chi connectivity index (χ1n) is 8.65. The van der Waals surface area contributed by atoms with E-state index in [0.717, 1.165) is 56.6 Å². The maximum Gasteiger partial charge on any atom is 0.169 e. The van der Waals surface area contributed by atoms with Crippen LogP contribution in [0, 0.1) is 0 Å². The Morgan fingerprint density at radius 3 is 2.56 bits per heavy atom. The minimum atomic E-state index is 0.862. The molecule has 6 heteroatoms. The van der Waals surface area contributed by atoms with Crippen LogP contribution < -0.4 is 10.1 Å². The number of piperazine rings is 1. The average molecular weight is 376 g/mol. The maximum atomic E-state index is 5.56. The molecule has 134 valence electrons. The van der Waals surface area contributed by atoms with E-state index in [2.05, 4.69) is 44.8 Å². The highest BCUT2D eigenvalue weighted by Crippen LogP contribution is 2.14. The topological polar surface area (TPSA) is 27.7 Å². The fourth-order valence-electron chi connectivity index (χ4n) is 2.95. The van der Waals surface area contributed by atoms with Gasteiger partial charge in [0, 0.05) is 44.1 Å². The highest BCUT2D eigenvalue weighted by atomic mass is 32.1. The summed E-state index contributed by atoms with van der Waals surface area (Å²) in [5.74, 6) is 0.896. The SMILES string of the molecule is COc1ccc(CCNC(=S)N2CCN(Cc3cccs3)CC2)cc1. The van der Waals surface area contributed by atoms with Crippen LogP contribution in [0.25, 0.3) is 0 Å². The number of nitrogens with zero attached hydrogens (tertiary/aromatic N) is 2. The van der Waals surface area contributed by atoms with Gasteiger partial charge in [0.15, 0.2) is 5.11 Å². The van der Waals surface area contributed by atoms with Gasteiger partial charge < -0.3 is 15.0 Å². The second-order valence-electron chi connectivity index (χ2n) is 6.17. The Hall–Kier alpha value is -1.63. The Bertz CT molecular complexity index is 650. The van der Waals surface area contributed by atoms with Gasteiger partial charge in [-0.05, 0) is 47.8 Å². The molecule has 1 aromatic heterocycles. The van der Waals surface area contributed by atoms with Crippen molar-refractivity contribution in [3.05, 3.63) is 52.2 Å². The Balaban J connectivity index is 1.36. The standard InChI is InChI=1S/C19H25N3OS2/c1-23-17-6-4-16(5-7-17)8-9-20-19(24)22-12-10-21(11-13-22)15-18-3-2-14-25-18/h2-7,14H,8-13,15H2,1H3,(H,20,24). The zero-order valence-electron chi connectivity index (χ0n) is 14.6. The highest BCUT2D eigenvalue weighted by molar-refractivity contribution is 7.80. The smallest absolute Gasteiger partial charge is 0.169 e. The van der Waals surface area contributed by atoms with Crippen molar-refractivity contribution in [2.45, 2.75) is 13.0 Å². The number of hydrogen-bond donors (Lipinski definition) is 1. The minimum Gasteiger partial charge on any atom is -0.497 e. The van der Waals surface area contributed by atoms with Crippen LogP contribution in [0.15, 0.2) is 41.8 Å². The van der Waals surface area contributed by atoms with Crippen LogP contribution in [0.5, 0.6) is 5.75 Å². The molecule has 0 spiro atoms. The Labute approximate surface area is 159 Å². The Morgan fingerprint density at radius 1 is 1.16 bits per heavy atom. The lowest BCUT2D eigenvalue weighted by Gasteiger charge is -2.36. The molecule has 1 N–H and O–H groups in total. The molecule has 0 atom stereocenters. The molecule has 0 bridgehead atoms. The molecule has 0 saturated carbocycles. The summed E-state index contributed by atoms with van der Waals surface area (Å²) < 4.78 is 5.19. The fraction of sp³-hybridized carbons (Fsp3) is 0.421. The molecule has 1 aliphatic rings. The van der Waals surface area contributed by atoms with Crippen molar-refractivity contribution < 1.29 is 4.74 Å². The summed E-state index contributed by atoms with van der Waals surface area (Å²) in [6.45, 7) is 6.06. The number of nitrogens with one attached hydrogen (secondary N) is 1. The molecular formula is C19H25N3OS2. The van der Waals surface area contributed by atoms with Crippen LogP contribution in [-0.4, -0.2) is 54.7 Å². The van der Waals surface area contributed by atoms with Gasteiger partial charge in [0.25, 0.3) is 0 Å². The largest absolute Gasteiger partial charge is 0.497 e. The number of hydrogen-bond acceptors (Lipinski definition) is 4. The predicted molar refractivity (Wildman–Crippen MR) is 108 cm³/mol. The van der Waals surface area contributed by atoms with Crippen molar-refractivity contribution in [2.24, 2.45) is 0 Å². The molecule has 4 nitrogen and oxygen atoms in total. The van der Waals surface area contributed by atoms with E-state index in [9.17, 15) is 0 Å². The van der Waals surface area contributed by atoms with Gasteiger partial charge in [0.05, 0.1) is 7.11 Å². The summed E-state index contributed by atoms with van der Waals surface area (Å²) in [4.78, 5) is 6.23. The molecule has 1 fully saturated rings. The summed E-state index contributed by atoms with van der Waals surface area (Å²) >= 11 is 7.40. The van der Waals surface area contributed by atoms with Gasteiger partial charge in [-0.15, -0.1) is 11.3 Å². The molecular weight excluding hydrogens is 350 g/mol. The van der Waals surface area contributed by atoms with Crippen molar-refractivity contribution in [3.8, 4) is 5.75 Å². The Morgan fingerprint density at radius 2 is 1.92 bits per heavy atom. The third kappa shape index (κ3) is 5.42. The normalized spacial score (nSPS) is 15.2. The second kappa shape index (κ2) is 9.17. The second-order valence-corrected chi connectivity index (χ2v) is 7.59. The maximum absolute atomic E-state index is 5.56. The van der Waals surface area contributed by atoms with E-state index >= 15 is 0 Å². The number of methoxy groups -OCH3 is 1. The van der Waals surface area contributed by atoms with Crippen LogP contribution in [0.4, 0.5) is 0 Å². The van der Waals surface area contributed by atoms with Gasteiger partial charge >= 0.3 is 0 Å². The van der Waals surface area contributed by atoms with Gasteiger partial charge in [-0.1, -0.05) is 18.2 Å². The van der Waals surface area contributed by atoms with Crippen LogP contribution in [0.3, 0.4) is 0 Å². The molecule has 25 heavy (non-hydrogen) atoms. The highest BCUT2D eigenvalue weighted by Gasteiger charge is 2.18. The molecule has 1 aliphatic heterocycles. The molecule has 2 heterocycles. The van der Waals surface area contributed by atoms with Crippen molar-refractivity contribution in [1.82, 2.24) is 15.1 Å². The van der Waals surface area contributed by atoms with Crippen molar-refractivity contribution in [3.63, 3.8) is 0 Å². The van der Waals surface area contributed by atoms with E-state index < -0.39 is 0 Å². The van der Waals surface area contributed by atoms with Crippen LogP contribution in [-0.2, 0) is 13.0 Å². The van der Waals surface area contributed by atoms with Crippen molar-refractivity contribution in [2.75, 3.05) is 39.8 Å². The van der Waals surface area contributed by atoms with Gasteiger partial charge in [-0.2, -0.15) is 0 Å². The molecule has 1 aromatic carbocycles. The lowest BCUT2D eigenvalue weighted by Crippen LogP contribution is -2.51. The third-order valence-corrected chi connectivity index (χ3v) is 5.73. The first-order valence-corrected chi connectivity index (χ1v) is 9.94. The lowest BCUT2D eigenvalue weighted by atomic mass is 10.1. The first kappa shape index (κ1) is 18.2. The molecule has 0 amide bonds. The molecule has 2 aromatic rings. The van der Waals surface area contributed by atoms with E-state index in [4.69, 9.17) is 17.0 Å². The van der Waals surface area contributed by atoms with Crippen LogP contribution in [0.2, 0.25) is 0 Å². The van der Waals surface area contributed by atoms with E-state index in [-0.39, 0.29) is 0 Å². The molecule has 3 rings (SSSR count). The summed E-state index contributed by atoms with van der Waals surface area (Å²) in [5, 5.41) is 6.42. The van der Waals surface area contributed by atoms with E-state index in [1.54, 1.807) is 7.11 Å². The third-order valence-electron chi connectivity index (χ3n) is 4.47. The summed E-state index contributed by atoms with van der Waals surface area (Å²) in [7, 11) is 1.69. The van der Waals surface area contributed by atoms with Gasteiger partial charge in [-0.25, -0.2) is 0 Å². The van der Waals surface area contributed by atoms with E-state index in [1.807, 2.05) is 23.5 Å². The minimum absolute atomic E-state index is 0.862. The molecule has 0 unspecified atom stereocenters. The average Bonchev–Trinajstić information content (AvgIpc) is 3.16. The van der Waals surface area contributed by atoms with Gasteiger partial charge in [0.1, 0.15) is 5.75 Å². The van der Waals surface area contributed by atoms with Crippen LogP contribution >= 0.6 is 23.6 Å². The van der Waals surface area contributed by atoms with Crippen molar-refractivity contribution >= 4 is 28.7 Å². The molecule has 0 aliphatic carbocycles. The van der Waals surface area contributed by atoms with Crippen LogP contribution in [0.1, 0.15) is 10.4 Å². The molecule has 1 saturated heterocycles. The number of benzene rings is 1. The van der Waals surface area contributed by atoms with Gasteiger partial charge in [-0.3, -0.25) is 4.90 Å².